The molecule has 0 N–H and O–H groups in total. The second-order valence-corrected chi connectivity index (χ2v) is 4.09. The van der Waals surface area contributed by atoms with Crippen LogP contribution in [0.1, 0.15) is 39.0 Å². The van der Waals surface area contributed by atoms with E-state index in [1.165, 1.54) is 19.3 Å². The summed E-state index contributed by atoms with van der Waals surface area (Å²) in [6, 6.07) is 0. The van der Waals surface area contributed by atoms with Crippen molar-refractivity contribution in [1.82, 2.24) is 0 Å². The van der Waals surface area contributed by atoms with Crippen LogP contribution in [0.3, 0.4) is 0 Å². The summed E-state index contributed by atoms with van der Waals surface area (Å²) in [5, 5.41) is 0. The predicted molar refractivity (Wildman–Crippen MR) is 60.3 cm³/mol. The Morgan fingerprint density at radius 3 is 1.86 bits per heavy atom. The molecule has 0 bridgehead atoms. The van der Waals surface area contributed by atoms with E-state index in [-0.39, 0.29) is 5.41 Å². The van der Waals surface area contributed by atoms with Crippen molar-refractivity contribution in [3.05, 3.63) is 6.92 Å². The van der Waals surface area contributed by atoms with Crippen LogP contribution in [0.2, 0.25) is 0 Å². The standard InChI is InChI=1S/C12H25O2/c1-5-6-7-12(2,8-10-13-3)9-11-14-4/h2,5-11H2,1,3-4H3. The average molecular weight is 201 g/mol. The molecule has 0 aromatic carbocycles. The van der Waals surface area contributed by atoms with Crippen LogP contribution in [0, 0.1) is 12.3 Å². The summed E-state index contributed by atoms with van der Waals surface area (Å²) in [6.45, 7) is 8.14. The second-order valence-electron chi connectivity index (χ2n) is 4.09. The van der Waals surface area contributed by atoms with Gasteiger partial charge in [-0.25, -0.2) is 0 Å². The Morgan fingerprint density at radius 2 is 1.50 bits per heavy atom. The van der Waals surface area contributed by atoms with Crippen molar-refractivity contribution in [2.75, 3.05) is 27.4 Å². The lowest BCUT2D eigenvalue weighted by Gasteiger charge is -2.29. The second kappa shape index (κ2) is 8.25. The number of hydrogen-bond acceptors (Lipinski definition) is 2. The Labute approximate surface area is 89.0 Å². The van der Waals surface area contributed by atoms with Crippen molar-refractivity contribution in [3.8, 4) is 0 Å². The molecule has 0 fully saturated rings. The molecule has 0 aromatic heterocycles. The molecule has 0 aliphatic heterocycles. The van der Waals surface area contributed by atoms with E-state index in [2.05, 4.69) is 13.8 Å². The van der Waals surface area contributed by atoms with E-state index in [0.29, 0.717) is 0 Å². The molecule has 0 aliphatic rings. The summed E-state index contributed by atoms with van der Waals surface area (Å²) in [6.07, 6.45) is 5.73. The lowest BCUT2D eigenvalue weighted by atomic mass is 9.79. The summed E-state index contributed by atoms with van der Waals surface area (Å²) in [4.78, 5) is 0. The van der Waals surface area contributed by atoms with Crippen LogP contribution < -0.4 is 0 Å². The lowest BCUT2D eigenvalue weighted by molar-refractivity contribution is 0.110. The summed E-state index contributed by atoms with van der Waals surface area (Å²) in [5.74, 6) is 0. The summed E-state index contributed by atoms with van der Waals surface area (Å²) < 4.78 is 10.2. The third kappa shape index (κ3) is 6.39. The molecule has 0 amide bonds. The highest BCUT2D eigenvalue weighted by molar-refractivity contribution is 4.81. The van der Waals surface area contributed by atoms with Crippen molar-refractivity contribution in [1.29, 1.82) is 0 Å². The van der Waals surface area contributed by atoms with Crippen molar-refractivity contribution in [2.45, 2.75) is 39.0 Å². The topological polar surface area (TPSA) is 18.5 Å². The molecule has 0 spiro atoms. The zero-order chi connectivity index (χ0) is 10.9. The molecule has 14 heavy (non-hydrogen) atoms. The van der Waals surface area contributed by atoms with Gasteiger partial charge < -0.3 is 9.47 Å². The van der Waals surface area contributed by atoms with Crippen LogP contribution in [-0.2, 0) is 9.47 Å². The monoisotopic (exact) mass is 201 g/mol. The minimum absolute atomic E-state index is 0.155. The summed E-state index contributed by atoms with van der Waals surface area (Å²) in [7, 11) is 3.49. The van der Waals surface area contributed by atoms with Gasteiger partial charge in [-0.1, -0.05) is 19.8 Å². The van der Waals surface area contributed by atoms with Gasteiger partial charge in [-0.05, 0) is 31.6 Å². The number of hydrogen-bond donors (Lipinski definition) is 0. The number of unbranched alkanes of at least 4 members (excludes halogenated alkanes) is 1. The van der Waals surface area contributed by atoms with Gasteiger partial charge >= 0.3 is 0 Å². The van der Waals surface area contributed by atoms with Gasteiger partial charge in [0.1, 0.15) is 0 Å². The van der Waals surface area contributed by atoms with Gasteiger partial charge in [0.25, 0.3) is 0 Å². The first-order valence-electron chi connectivity index (χ1n) is 5.52. The summed E-state index contributed by atoms with van der Waals surface area (Å²) in [5.41, 5.74) is 0.155. The Bertz CT molecular complexity index is 102. The van der Waals surface area contributed by atoms with Gasteiger partial charge in [0.05, 0.1) is 0 Å². The van der Waals surface area contributed by atoms with Crippen LogP contribution in [0.15, 0.2) is 0 Å². The highest BCUT2D eigenvalue weighted by atomic mass is 16.5. The van der Waals surface area contributed by atoms with Gasteiger partial charge in [0.15, 0.2) is 0 Å². The lowest BCUT2D eigenvalue weighted by Crippen LogP contribution is -2.21. The first-order valence-corrected chi connectivity index (χ1v) is 5.52. The van der Waals surface area contributed by atoms with Gasteiger partial charge in [-0.15, -0.1) is 0 Å². The smallest absolute Gasteiger partial charge is 0.0467 e. The predicted octanol–water partition coefficient (Wildman–Crippen LogP) is 3.07. The molecule has 85 valence electrons. The third-order valence-corrected chi connectivity index (χ3v) is 2.73. The molecular weight excluding hydrogens is 176 g/mol. The zero-order valence-corrected chi connectivity index (χ0v) is 9.97. The van der Waals surface area contributed by atoms with E-state index in [9.17, 15) is 0 Å². The average Bonchev–Trinajstić information content (AvgIpc) is 2.21. The fraction of sp³-hybridized carbons (Fsp3) is 0.917. The minimum atomic E-state index is 0.155. The van der Waals surface area contributed by atoms with Gasteiger partial charge in [0, 0.05) is 27.4 Å². The molecule has 0 unspecified atom stereocenters. The quantitative estimate of drug-likeness (QED) is 0.571. The molecule has 1 radical (unpaired) electrons. The Balaban J connectivity index is 3.89. The first kappa shape index (κ1) is 13.9. The maximum atomic E-state index is 5.12. The molecule has 0 rings (SSSR count). The van der Waals surface area contributed by atoms with Gasteiger partial charge in [0.2, 0.25) is 0 Å². The highest BCUT2D eigenvalue weighted by Crippen LogP contribution is 2.31. The van der Waals surface area contributed by atoms with Crippen molar-refractivity contribution < 1.29 is 9.47 Å². The van der Waals surface area contributed by atoms with Crippen LogP contribution in [0.5, 0.6) is 0 Å². The van der Waals surface area contributed by atoms with E-state index in [4.69, 9.17) is 9.47 Å². The Morgan fingerprint density at radius 1 is 1.00 bits per heavy atom. The zero-order valence-electron chi connectivity index (χ0n) is 9.97. The fourth-order valence-electron chi connectivity index (χ4n) is 1.56. The van der Waals surface area contributed by atoms with Gasteiger partial charge in [-0.2, -0.15) is 0 Å². The fourth-order valence-corrected chi connectivity index (χ4v) is 1.56. The Hall–Kier alpha value is -0.0800. The van der Waals surface area contributed by atoms with E-state index in [1.807, 2.05) is 0 Å². The molecule has 0 saturated carbocycles. The van der Waals surface area contributed by atoms with Crippen LogP contribution in [0.25, 0.3) is 0 Å². The van der Waals surface area contributed by atoms with Gasteiger partial charge in [-0.3, -0.25) is 0 Å². The van der Waals surface area contributed by atoms with Crippen LogP contribution >= 0.6 is 0 Å². The molecule has 0 saturated heterocycles. The van der Waals surface area contributed by atoms with Crippen molar-refractivity contribution >= 4 is 0 Å². The summed E-state index contributed by atoms with van der Waals surface area (Å²) >= 11 is 0. The first-order chi connectivity index (χ1) is 6.68. The number of ether oxygens (including phenoxy) is 2. The highest BCUT2D eigenvalue weighted by Gasteiger charge is 2.22. The molecule has 0 atom stereocenters. The minimum Gasteiger partial charge on any atom is -0.385 e. The third-order valence-electron chi connectivity index (χ3n) is 2.73. The van der Waals surface area contributed by atoms with Crippen LogP contribution in [0.4, 0.5) is 0 Å². The molecule has 0 heterocycles. The molecule has 0 aliphatic carbocycles. The van der Waals surface area contributed by atoms with E-state index in [1.54, 1.807) is 14.2 Å². The normalized spacial score (nSPS) is 12.0. The van der Waals surface area contributed by atoms with E-state index < -0.39 is 0 Å². The maximum Gasteiger partial charge on any atom is 0.0467 e. The SMILES string of the molecule is [CH2]C(CCCC)(CCOC)CCOC. The van der Waals surface area contributed by atoms with Crippen molar-refractivity contribution in [3.63, 3.8) is 0 Å². The van der Waals surface area contributed by atoms with Crippen LogP contribution in [-0.4, -0.2) is 27.4 Å². The largest absolute Gasteiger partial charge is 0.385 e. The molecule has 0 aromatic rings. The van der Waals surface area contributed by atoms with E-state index >= 15 is 0 Å². The number of methoxy groups -OCH3 is 2. The Kier molecular flexibility index (Phi) is 8.20. The maximum absolute atomic E-state index is 5.12. The molecule has 2 nitrogen and oxygen atoms in total. The number of rotatable bonds is 9. The van der Waals surface area contributed by atoms with E-state index in [0.717, 1.165) is 26.1 Å². The molecule has 2 heteroatoms. The van der Waals surface area contributed by atoms with Crippen molar-refractivity contribution in [2.24, 2.45) is 5.41 Å². The molecular formula is C12H25O2.